The van der Waals surface area contributed by atoms with E-state index in [1.165, 1.54) is 0 Å². The van der Waals surface area contributed by atoms with Gasteiger partial charge < -0.3 is 9.47 Å². The van der Waals surface area contributed by atoms with Gasteiger partial charge in [-0.05, 0) is 73.9 Å². The fourth-order valence-electron chi connectivity index (χ4n) is 2.40. The van der Waals surface area contributed by atoms with Crippen molar-refractivity contribution in [2.75, 3.05) is 14.2 Å². The lowest BCUT2D eigenvalue weighted by Crippen LogP contribution is -1.95. The highest BCUT2D eigenvalue weighted by molar-refractivity contribution is 6.00. The molecule has 0 spiro atoms. The number of rotatable bonds is 4. The highest BCUT2D eigenvalue weighted by Gasteiger charge is 2.05. The van der Waals surface area contributed by atoms with E-state index in [1.54, 1.807) is 14.2 Å². The molecule has 0 heterocycles. The number of nitrogens with zero attached hydrogens (tertiary/aromatic N) is 1. The molecule has 0 atom stereocenters. The quantitative estimate of drug-likeness (QED) is 0.775. The molecule has 2 aromatic carbocycles. The zero-order chi connectivity index (χ0) is 15.4. The average Bonchev–Trinajstić information content (AvgIpc) is 2.47. The maximum atomic E-state index is 5.38. The van der Waals surface area contributed by atoms with Crippen LogP contribution in [0.5, 0.6) is 11.5 Å². The van der Waals surface area contributed by atoms with Crippen molar-refractivity contribution in [3.63, 3.8) is 0 Å². The van der Waals surface area contributed by atoms with Crippen LogP contribution in [0.15, 0.2) is 41.4 Å². The van der Waals surface area contributed by atoms with E-state index in [9.17, 15) is 0 Å². The van der Waals surface area contributed by atoms with E-state index < -0.39 is 0 Å². The zero-order valence-corrected chi connectivity index (χ0v) is 13.2. The van der Waals surface area contributed by atoms with Crippen LogP contribution in [0.25, 0.3) is 0 Å². The third kappa shape index (κ3) is 3.43. The zero-order valence-electron chi connectivity index (χ0n) is 13.2. The summed E-state index contributed by atoms with van der Waals surface area (Å²) in [4.78, 5) is 4.70. The van der Waals surface area contributed by atoms with Crippen LogP contribution >= 0.6 is 0 Å². The predicted octanol–water partition coefficient (Wildman–Crippen LogP) is 4.46. The van der Waals surface area contributed by atoms with E-state index in [-0.39, 0.29) is 0 Å². The van der Waals surface area contributed by atoms with Crippen LogP contribution in [-0.4, -0.2) is 19.9 Å². The average molecular weight is 283 g/mol. The molecule has 110 valence electrons. The van der Waals surface area contributed by atoms with Crippen LogP contribution in [-0.2, 0) is 0 Å². The van der Waals surface area contributed by atoms with Crippen molar-refractivity contribution < 1.29 is 9.47 Å². The summed E-state index contributed by atoms with van der Waals surface area (Å²) in [6.07, 6.45) is 0. The van der Waals surface area contributed by atoms with Gasteiger partial charge in [-0.25, -0.2) is 0 Å². The van der Waals surface area contributed by atoms with Gasteiger partial charge in [-0.3, -0.25) is 4.99 Å². The van der Waals surface area contributed by atoms with Gasteiger partial charge >= 0.3 is 0 Å². The molecular weight excluding hydrogens is 262 g/mol. The van der Waals surface area contributed by atoms with Crippen LogP contribution in [0.2, 0.25) is 0 Å². The maximum absolute atomic E-state index is 5.38. The molecule has 21 heavy (non-hydrogen) atoms. The number of ether oxygens (including phenoxy) is 2. The van der Waals surface area contributed by atoms with E-state index in [2.05, 4.69) is 0 Å². The molecule has 3 nitrogen and oxygen atoms in total. The van der Waals surface area contributed by atoms with Gasteiger partial charge in [0.25, 0.3) is 0 Å². The summed E-state index contributed by atoms with van der Waals surface area (Å²) in [5.41, 5.74) is 5.19. The molecule has 0 aromatic heterocycles. The van der Waals surface area contributed by atoms with Gasteiger partial charge in [-0.1, -0.05) is 0 Å². The first kappa shape index (κ1) is 15.1. The van der Waals surface area contributed by atoms with Crippen LogP contribution in [0, 0.1) is 13.8 Å². The van der Waals surface area contributed by atoms with Crippen LogP contribution in [0.4, 0.5) is 5.69 Å². The second kappa shape index (κ2) is 6.44. The summed E-state index contributed by atoms with van der Waals surface area (Å²) in [7, 11) is 3.36. The second-order valence-electron chi connectivity index (χ2n) is 5.04. The third-order valence-corrected chi connectivity index (χ3v) is 3.45. The topological polar surface area (TPSA) is 30.8 Å². The van der Waals surface area contributed by atoms with Crippen molar-refractivity contribution in [1.29, 1.82) is 0 Å². The summed E-state index contributed by atoms with van der Waals surface area (Å²) in [5.74, 6) is 1.78. The van der Waals surface area contributed by atoms with E-state index in [0.717, 1.165) is 39.6 Å². The van der Waals surface area contributed by atoms with Crippen molar-refractivity contribution in [3.8, 4) is 11.5 Å². The van der Waals surface area contributed by atoms with Crippen molar-refractivity contribution in [2.45, 2.75) is 20.8 Å². The molecule has 0 N–H and O–H groups in total. The number of methoxy groups -OCH3 is 2. The minimum atomic E-state index is 0.850. The summed E-state index contributed by atoms with van der Waals surface area (Å²) in [6, 6.07) is 12.0. The molecule has 0 aliphatic heterocycles. The Morgan fingerprint density at radius 1 is 0.905 bits per heavy atom. The number of aryl methyl sites for hydroxylation is 2. The molecule has 2 rings (SSSR count). The minimum Gasteiger partial charge on any atom is -0.497 e. The van der Waals surface area contributed by atoms with Gasteiger partial charge in [0.15, 0.2) is 0 Å². The Labute approximate surface area is 126 Å². The van der Waals surface area contributed by atoms with Crippen LogP contribution in [0.3, 0.4) is 0 Å². The lowest BCUT2D eigenvalue weighted by molar-refractivity contribution is 0.408. The maximum Gasteiger partial charge on any atom is 0.124 e. The van der Waals surface area contributed by atoms with Gasteiger partial charge in [0.05, 0.1) is 19.9 Å². The van der Waals surface area contributed by atoms with Gasteiger partial charge in [0.2, 0.25) is 0 Å². The molecule has 0 aliphatic carbocycles. The Morgan fingerprint density at radius 3 is 1.95 bits per heavy atom. The molecule has 0 unspecified atom stereocenters. The largest absolute Gasteiger partial charge is 0.497 e. The predicted molar refractivity (Wildman–Crippen MR) is 87.3 cm³/mol. The second-order valence-corrected chi connectivity index (χ2v) is 5.04. The Balaban J connectivity index is 2.33. The lowest BCUT2D eigenvalue weighted by atomic mass is 10.1. The number of hydrogen-bond donors (Lipinski definition) is 0. The molecular formula is C18H21NO2. The standard InChI is InChI=1S/C18H21NO2/c1-12-10-16(11-13(2)18(12)21-5)19-14(3)15-6-8-17(20-4)9-7-15/h6-11H,1-5H3. The Kier molecular flexibility index (Phi) is 4.63. The molecule has 0 aliphatic rings. The molecule has 0 bridgehead atoms. The first-order valence-corrected chi connectivity index (χ1v) is 6.90. The first-order valence-electron chi connectivity index (χ1n) is 6.90. The van der Waals surface area contributed by atoms with Crippen molar-refractivity contribution in [1.82, 2.24) is 0 Å². The molecule has 0 saturated carbocycles. The number of aliphatic imine (C=N–C) groups is 1. The number of benzene rings is 2. The molecule has 2 aromatic rings. The van der Waals surface area contributed by atoms with E-state index in [1.807, 2.05) is 57.2 Å². The van der Waals surface area contributed by atoms with Gasteiger partial charge in [0.1, 0.15) is 11.5 Å². The minimum absolute atomic E-state index is 0.850. The molecule has 0 saturated heterocycles. The van der Waals surface area contributed by atoms with E-state index in [4.69, 9.17) is 14.5 Å². The third-order valence-electron chi connectivity index (χ3n) is 3.45. The molecule has 0 radical (unpaired) electrons. The highest BCUT2D eigenvalue weighted by Crippen LogP contribution is 2.28. The van der Waals surface area contributed by atoms with Crippen molar-refractivity contribution in [2.24, 2.45) is 4.99 Å². The van der Waals surface area contributed by atoms with E-state index >= 15 is 0 Å². The smallest absolute Gasteiger partial charge is 0.124 e. The lowest BCUT2D eigenvalue weighted by Gasteiger charge is -2.10. The summed E-state index contributed by atoms with van der Waals surface area (Å²) in [5, 5.41) is 0. The monoisotopic (exact) mass is 283 g/mol. The van der Waals surface area contributed by atoms with Gasteiger partial charge in [0, 0.05) is 5.71 Å². The van der Waals surface area contributed by atoms with Crippen LogP contribution in [0.1, 0.15) is 23.6 Å². The fourth-order valence-corrected chi connectivity index (χ4v) is 2.40. The summed E-state index contributed by atoms with van der Waals surface area (Å²) in [6.45, 7) is 6.08. The Hall–Kier alpha value is -2.29. The molecule has 0 fully saturated rings. The summed E-state index contributed by atoms with van der Waals surface area (Å²) < 4.78 is 10.6. The first-order chi connectivity index (χ1) is 10.0. The molecule has 3 heteroatoms. The normalized spacial score (nSPS) is 11.4. The highest BCUT2D eigenvalue weighted by atomic mass is 16.5. The SMILES string of the molecule is COc1ccc(C(C)=Nc2cc(C)c(OC)c(C)c2)cc1. The fraction of sp³-hybridized carbons (Fsp3) is 0.278. The Bertz CT molecular complexity index is 634. The van der Waals surface area contributed by atoms with E-state index in [0.29, 0.717) is 0 Å². The summed E-state index contributed by atoms with van der Waals surface area (Å²) >= 11 is 0. The van der Waals surface area contributed by atoms with Crippen LogP contribution < -0.4 is 9.47 Å². The van der Waals surface area contributed by atoms with Gasteiger partial charge in [-0.2, -0.15) is 0 Å². The van der Waals surface area contributed by atoms with Crippen molar-refractivity contribution in [3.05, 3.63) is 53.1 Å². The van der Waals surface area contributed by atoms with Gasteiger partial charge in [-0.15, -0.1) is 0 Å². The number of hydrogen-bond acceptors (Lipinski definition) is 3. The Morgan fingerprint density at radius 2 is 1.48 bits per heavy atom. The molecule has 0 amide bonds. The van der Waals surface area contributed by atoms with Crippen molar-refractivity contribution >= 4 is 11.4 Å².